The van der Waals surface area contributed by atoms with Crippen molar-refractivity contribution in [3.8, 4) is 0 Å². The summed E-state index contributed by atoms with van der Waals surface area (Å²) in [6.07, 6.45) is 0.995. The van der Waals surface area contributed by atoms with Gasteiger partial charge in [0.25, 0.3) is 0 Å². The molecule has 1 aromatic carbocycles. The highest BCUT2D eigenvalue weighted by molar-refractivity contribution is 6.30. The maximum Gasteiger partial charge on any atom is 0.0644 e. The van der Waals surface area contributed by atoms with Crippen LogP contribution in [0.25, 0.3) is 0 Å². The Morgan fingerprint density at radius 1 is 1.45 bits per heavy atom. The summed E-state index contributed by atoms with van der Waals surface area (Å²) in [5, 5.41) is 13.5. The van der Waals surface area contributed by atoms with Crippen LogP contribution in [0, 0.1) is 0 Å². The Labute approximate surface area is 125 Å². The van der Waals surface area contributed by atoms with Gasteiger partial charge in [0.2, 0.25) is 0 Å². The molecule has 0 spiro atoms. The van der Waals surface area contributed by atoms with Gasteiger partial charge in [-0.3, -0.25) is 4.90 Å². The third-order valence-electron chi connectivity index (χ3n) is 3.89. The minimum atomic E-state index is 0.131. The number of ether oxygens (including phenoxy) is 1. The summed E-state index contributed by atoms with van der Waals surface area (Å²) in [5.74, 6) is 0. The molecule has 1 aliphatic heterocycles. The summed E-state index contributed by atoms with van der Waals surface area (Å²) in [6, 6.07) is 8.40. The SMILES string of the molecule is CNC(CCN1CCOCC1CO)c1ccc(Cl)cc1. The third-order valence-corrected chi connectivity index (χ3v) is 4.14. The zero-order valence-corrected chi connectivity index (χ0v) is 12.6. The van der Waals surface area contributed by atoms with Gasteiger partial charge in [0.1, 0.15) is 0 Å². The van der Waals surface area contributed by atoms with E-state index in [0.29, 0.717) is 12.6 Å². The molecule has 0 amide bonds. The summed E-state index contributed by atoms with van der Waals surface area (Å²) >= 11 is 5.93. The average Bonchev–Trinajstić information content (AvgIpc) is 2.50. The first-order chi connectivity index (χ1) is 9.74. The predicted molar refractivity (Wildman–Crippen MR) is 81.1 cm³/mol. The Kier molecular flexibility index (Phi) is 6.26. The number of aliphatic hydroxyl groups is 1. The van der Waals surface area contributed by atoms with E-state index in [-0.39, 0.29) is 12.6 Å². The topological polar surface area (TPSA) is 44.7 Å². The van der Waals surface area contributed by atoms with E-state index >= 15 is 0 Å². The van der Waals surface area contributed by atoms with Crippen molar-refractivity contribution < 1.29 is 9.84 Å². The molecule has 0 aliphatic carbocycles. The number of hydrogen-bond acceptors (Lipinski definition) is 4. The van der Waals surface area contributed by atoms with E-state index in [2.05, 4.69) is 22.3 Å². The van der Waals surface area contributed by atoms with E-state index in [1.165, 1.54) is 5.56 Å². The van der Waals surface area contributed by atoms with E-state index in [0.717, 1.165) is 31.1 Å². The minimum Gasteiger partial charge on any atom is -0.395 e. The van der Waals surface area contributed by atoms with Gasteiger partial charge in [-0.25, -0.2) is 0 Å². The molecule has 2 atom stereocenters. The Balaban J connectivity index is 1.91. The molecule has 0 saturated carbocycles. The first kappa shape index (κ1) is 15.7. The van der Waals surface area contributed by atoms with Crippen LogP contribution >= 0.6 is 11.6 Å². The molecule has 2 rings (SSSR count). The van der Waals surface area contributed by atoms with Crippen LogP contribution in [0.1, 0.15) is 18.0 Å². The molecular weight excluding hydrogens is 276 g/mol. The van der Waals surface area contributed by atoms with E-state index in [1.54, 1.807) is 0 Å². The molecule has 1 saturated heterocycles. The fourth-order valence-corrected chi connectivity index (χ4v) is 2.75. The van der Waals surface area contributed by atoms with Crippen molar-refractivity contribution in [3.05, 3.63) is 34.9 Å². The fourth-order valence-electron chi connectivity index (χ4n) is 2.62. The second-order valence-electron chi connectivity index (χ2n) is 5.13. The molecule has 0 aromatic heterocycles. The summed E-state index contributed by atoms with van der Waals surface area (Å²) in [4.78, 5) is 2.31. The number of morpholine rings is 1. The highest BCUT2D eigenvalue weighted by Crippen LogP contribution is 2.20. The summed E-state index contributed by atoms with van der Waals surface area (Å²) in [7, 11) is 1.97. The van der Waals surface area contributed by atoms with Crippen molar-refractivity contribution in [2.75, 3.05) is 40.0 Å². The van der Waals surface area contributed by atoms with Crippen molar-refractivity contribution in [2.45, 2.75) is 18.5 Å². The van der Waals surface area contributed by atoms with Crippen LogP contribution in [0.3, 0.4) is 0 Å². The number of hydrogen-bond donors (Lipinski definition) is 2. The van der Waals surface area contributed by atoms with Crippen molar-refractivity contribution in [1.29, 1.82) is 0 Å². The molecule has 4 nitrogen and oxygen atoms in total. The van der Waals surface area contributed by atoms with Crippen LogP contribution in [0.5, 0.6) is 0 Å². The second-order valence-corrected chi connectivity index (χ2v) is 5.57. The quantitative estimate of drug-likeness (QED) is 0.839. The van der Waals surface area contributed by atoms with Gasteiger partial charge in [-0.1, -0.05) is 23.7 Å². The van der Waals surface area contributed by atoms with Gasteiger partial charge >= 0.3 is 0 Å². The summed E-state index contributed by atoms with van der Waals surface area (Å²) in [6.45, 7) is 3.37. The number of nitrogens with one attached hydrogen (secondary N) is 1. The molecule has 2 unspecified atom stereocenters. The van der Waals surface area contributed by atoms with E-state index in [4.69, 9.17) is 16.3 Å². The number of benzene rings is 1. The van der Waals surface area contributed by atoms with Crippen molar-refractivity contribution in [3.63, 3.8) is 0 Å². The highest BCUT2D eigenvalue weighted by Gasteiger charge is 2.22. The number of halogens is 1. The maximum absolute atomic E-state index is 9.38. The first-order valence-electron chi connectivity index (χ1n) is 7.10. The predicted octanol–water partition coefficient (Wildman–Crippen LogP) is 1.68. The van der Waals surface area contributed by atoms with Crippen molar-refractivity contribution >= 4 is 11.6 Å². The zero-order chi connectivity index (χ0) is 14.4. The number of rotatable bonds is 6. The maximum atomic E-state index is 9.38. The van der Waals surface area contributed by atoms with Crippen LogP contribution in [0.2, 0.25) is 5.02 Å². The molecule has 0 bridgehead atoms. The van der Waals surface area contributed by atoms with Crippen molar-refractivity contribution in [1.82, 2.24) is 10.2 Å². The fraction of sp³-hybridized carbons (Fsp3) is 0.600. The smallest absolute Gasteiger partial charge is 0.0644 e. The molecule has 1 fully saturated rings. The molecule has 1 aliphatic rings. The molecule has 112 valence electrons. The van der Waals surface area contributed by atoms with Crippen LogP contribution < -0.4 is 5.32 Å². The van der Waals surface area contributed by atoms with Gasteiger partial charge in [0, 0.05) is 24.2 Å². The second kappa shape index (κ2) is 7.96. The van der Waals surface area contributed by atoms with Gasteiger partial charge in [0.15, 0.2) is 0 Å². The van der Waals surface area contributed by atoms with Gasteiger partial charge in [-0.15, -0.1) is 0 Å². The summed E-state index contributed by atoms with van der Waals surface area (Å²) in [5.41, 5.74) is 1.24. The molecule has 5 heteroatoms. The lowest BCUT2D eigenvalue weighted by molar-refractivity contribution is -0.0285. The number of nitrogens with zero attached hydrogens (tertiary/aromatic N) is 1. The normalized spacial score (nSPS) is 21.9. The van der Waals surface area contributed by atoms with Crippen LogP contribution in [-0.4, -0.2) is 56.0 Å². The van der Waals surface area contributed by atoms with Gasteiger partial charge in [-0.05, 0) is 31.2 Å². The van der Waals surface area contributed by atoms with E-state index < -0.39 is 0 Å². The zero-order valence-electron chi connectivity index (χ0n) is 11.9. The van der Waals surface area contributed by atoms with Crippen LogP contribution in [-0.2, 0) is 4.74 Å². The lowest BCUT2D eigenvalue weighted by atomic mass is 10.0. The Hall–Kier alpha value is -0.650. The first-order valence-corrected chi connectivity index (χ1v) is 7.47. The monoisotopic (exact) mass is 298 g/mol. The van der Waals surface area contributed by atoms with Gasteiger partial charge in [0.05, 0.1) is 25.9 Å². The minimum absolute atomic E-state index is 0.131. The number of aliphatic hydroxyl groups excluding tert-OH is 1. The third kappa shape index (κ3) is 4.17. The molecule has 1 heterocycles. The lowest BCUT2D eigenvalue weighted by Crippen LogP contribution is -2.48. The molecule has 0 radical (unpaired) electrons. The van der Waals surface area contributed by atoms with Crippen LogP contribution in [0.15, 0.2) is 24.3 Å². The van der Waals surface area contributed by atoms with Gasteiger partial charge < -0.3 is 15.2 Å². The van der Waals surface area contributed by atoms with Crippen molar-refractivity contribution in [2.24, 2.45) is 0 Å². The largest absolute Gasteiger partial charge is 0.395 e. The highest BCUT2D eigenvalue weighted by atomic mass is 35.5. The van der Waals surface area contributed by atoms with Gasteiger partial charge in [-0.2, -0.15) is 0 Å². The lowest BCUT2D eigenvalue weighted by Gasteiger charge is -2.35. The standard InChI is InChI=1S/C15H23ClN2O2/c1-17-15(12-2-4-13(16)5-3-12)6-7-18-8-9-20-11-14(18)10-19/h2-5,14-15,17,19H,6-11H2,1H3. The molecular formula is C15H23ClN2O2. The molecule has 1 aromatic rings. The Bertz CT molecular complexity index is 399. The molecule has 2 N–H and O–H groups in total. The Morgan fingerprint density at radius 3 is 2.85 bits per heavy atom. The Morgan fingerprint density at radius 2 is 2.20 bits per heavy atom. The average molecular weight is 299 g/mol. The summed E-state index contributed by atoms with van der Waals surface area (Å²) < 4.78 is 5.40. The van der Waals surface area contributed by atoms with Crippen LogP contribution in [0.4, 0.5) is 0 Å². The van der Waals surface area contributed by atoms with E-state index in [9.17, 15) is 5.11 Å². The van der Waals surface area contributed by atoms with E-state index in [1.807, 2.05) is 19.2 Å². The molecule has 20 heavy (non-hydrogen) atoms.